The molecule has 4 aromatic heterocycles. The van der Waals surface area contributed by atoms with Crippen LogP contribution in [0.2, 0.25) is 0 Å². The van der Waals surface area contributed by atoms with Crippen LogP contribution in [-0.2, 0) is 0 Å². The van der Waals surface area contributed by atoms with Gasteiger partial charge in [0.25, 0.3) is 0 Å². The van der Waals surface area contributed by atoms with E-state index in [0.29, 0.717) is 5.82 Å². The van der Waals surface area contributed by atoms with E-state index >= 15 is 0 Å². The Balaban J connectivity index is 0.907. The van der Waals surface area contributed by atoms with Crippen molar-refractivity contribution in [3.8, 4) is 62.0 Å². The van der Waals surface area contributed by atoms with Crippen LogP contribution in [0.25, 0.3) is 127 Å². The number of benzene rings is 9. The Bertz CT molecular complexity index is 3930. The van der Waals surface area contributed by atoms with Gasteiger partial charge in [-0.15, -0.1) is 0 Å². The SMILES string of the molecule is c1ccc(-c2cc(-c3ccc(-c4ccc5oc6c(ccc7c(-c8ccccc8)nc8ccccc8c76)c5c4)cc3)nc(-c3ccc4c(c3)c3ccccc3n4-c3ccccc3)n2)cc1. The number of hydrogen-bond acceptors (Lipinski definition) is 4. The number of pyridine rings is 1. The van der Waals surface area contributed by atoms with Crippen molar-refractivity contribution < 1.29 is 4.42 Å². The quantitative estimate of drug-likeness (QED) is 0.157. The molecule has 5 nitrogen and oxygen atoms in total. The third-order valence-electron chi connectivity index (χ3n) is 12.6. The van der Waals surface area contributed by atoms with Gasteiger partial charge in [0.1, 0.15) is 11.2 Å². The van der Waals surface area contributed by atoms with Crippen LogP contribution in [0.4, 0.5) is 0 Å². The van der Waals surface area contributed by atoms with Crippen molar-refractivity contribution >= 4 is 65.4 Å². The summed E-state index contributed by atoms with van der Waals surface area (Å²) in [6.07, 6.45) is 0. The monoisotopic (exact) mass is 816 g/mol. The van der Waals surface area contributed by atoms with Crippen LogP contribution in [0.1, 0.15) is 0 Å². The Labute approximate surface area is 368 Å². The average molecular weight is 817 g/mol. The summed E-state index contributed by atoms with van der Waals surface area (Å²) in [5.74, 6) is 0.683. The first-order valence-corrected chi connectivity index (χ1v) is 21.6. The molecule has 0 saturated carbocycles. The maximum atomic E-state index is 6.75. The predicted octanol–water partition coefficient (Wildman–Crippen LogP) is 15.5. The van der Waals surface area contributed by atoms with Crippen molar-refractivity contribution in [1.29, 1.82) is 0 Å². The molecule has 0 unspecified atom stereocenters. The molecule has 0 aliphatic carbocycles. The maximum Gasteiger partial charge on any atom is 0.160 e. The highest BCUT2D eigenvalue weighted by molar-refractivity contribution is 6.25. The molecule has 13 aromatic rings. The van der Waals surface area contributed by atoms with Gasteiger partial charge >= 0.3 is 0 Å². The zero-order valence-electron chi connectivity index (χ0n) is 34.5. The van der Waals surface area contributed by atoms with E-state index in [9.17, 15) is 0 Å². The molecule has 0 bridgehead atoms. The van der Waals surface area contributed by atoms with Crippen molar-refractivity contribution in [1.82, 2.24) is 19.5 Å². The van der Waals surface area contributed by atoms with Gasteiger partial charge in [-0.3, -0.25) is 0 Å². The second kappa shape index (κ2) is 14.5. The molecular formula is C59H36N4O. The molecule has 0 fully saturated rings. The van der Waals surface area contributed by atoms with Gasteiger partial charge in [0.15, 0.2) is 5.82 Å². The first-order chi connectivity index (χ1) is 31.7. The van der Waals surface area contributed by atoms with Crippen LogP contribution in [0.5, 0.6) is 0 Å². The largest absolute Gasteiger partial charge is 0.455 e. The molecule has 64 heavy (non-hydrogen) atoms. The topological polar surface area (TPSA) is 56.7 Å². The van der Waals surface area contributed by atoms with Crippen molar-refractivity contribution in [2.45, 2.75) is 0 Å². The molecule has 13 rings (SSSR count). The van der Waals surface area contributed by atoms with E-state index < -0.39 is 0 Å². The summed E-state index contributed by atoms with van der Waals surface area (Å²) in [6, 6.07) is 76.6. The molecule has 0 radical (unpaired) electrons. The Morgan fingerprint density at radius 2 is 0.922 bits per heavy atom. The number of nitrogens with zero attached hydrogens (tertiary/aromatic N) is 4. The van der Waals surface area contributed by atoms with Crippen LogP contribution >= 0.6 is 0 Å². The third-order valence-corrected chi connectivity index (χ3v) is 12.6. The van der Waals surface area contributed by atoms with Gasteiger partial charge in [0, 0.05) is 65.6 Å². The molecular weight excluding hydrogens is 781 g/mol. The number of rotatable bonds is 6. The summed E-state index contributed by atoms with van der Waals surface area (Å²) in [5.41, 5.74) is 15.1. The average Bonchev–Trinajstić information content (AvgIpc) is 3.92. The first-order valence-electron chi connectivity index (χ1n) is 21.6. The van der Waals surface area contributed by atoms with E-state index in [2.05, 4.69) is 205 Å². The van der Waals surface area contributed by atoms with Crippen molar-refractivity contribution in [2.75, 3.05) is 0 Å². The van der Waals surface area contributed by atoms with Gasteiger partial charge in [0.2, 0.25) is 0 Å². The van der Waals surface area contributed by atoms with Crippen LogP contribution in [0, 0.1) is 0 Å². The molecule has 9 aromatic carbocycles. The highest BCUT2D eigenvalue weighted by Gasteiger charge is 2.19. The zero-order valence-corrected chi connectivity index (χ0v) is 34.5. The van der Waals surface area contributed by atoms with E-state index in [-0.39, 0.29) is 0 Å². The summed E-state index contributed by atoms with van der Waals surface area (Å²) in [7, 11) is 0. The van der Waals surface area contributed by atoms with Gasteiger partial charge in [-0.05, 0) is 77.9 Å². The Kier molecular flexibility index (Phi) is 8.15. The summed E-state index contributed by atoms with van der Waals surface area (Å²) < 4.78 is 9.08. The minimum atomic E-state index is 0.683. The second-order valence-electron chi connectivity index (χ2n) is 16.3. The number of aromatic nitrogens is 4. The maximum absolute atomic E-state index is 6.75. The summed E-state index contributed by atoms with van der Waals surface area (Å²) >= 11 is 0. The lowest BCUT2D eigenvalue weighted by Gasteiger charge is -2.11. The fourth-order valence-corrected chi connectivity index (χ4v) is 9.55. The summed E-state index contributed by atoms with van der Waals surface area (Å²) in [4.78, 5) is 15.6. The number of furan rings is 1. The molecule has 0 aliphatic heterocycles. The lowest BCUT2D eigenvalue weighted by Crippen LogP contribution is -1.96. The van der Waals surface area contributed by atoms with E-state index in [0.717, 1.165) is 116 Å². The smallest absolute Gasteiger partial charge is 0.160 e. The predicted molar refractivity (Wildman–Crippen MR) is 264 cm³/mol. The van der Waals surface area contributed by atoms with Gasteiger partial charge in [-0.1, -0.05) is 152 Å². The van der Waals surface area contributed by atoms with Crippen LogP contribution in [0.3, 0.4) is 0 Å². The van der Waals surface area contributed by atoms with E-state index in [1.807, 2.05) is 18.2 Å². The Morgan fingerprint density at radius 1 is 0.344 bits per heavy atom. The number of hydrogen-bond donors (Lipinski definition) is 0. The highest BCUT2D eigenvalue weighted by atomic mass is 16.3. The van der Waals surface area contributed by atoms with Crippen molar-refractivity contribution in [3.05, 3.63) is 218 Å². The van der Waals surface area contributed by atoms with Gasteiger partial charge in [0.05, 0.1) is 33.6 Å². The first kappa shape index (κ1) is 36.0. The number of fused-ring (bicyclic) bond motifs is 10. The zero-order chi connectivity index (χ0) is 42.1. The molecule has 0 atom stereocenters. The molecule has 5 heteroatoms. The van der Waals surface area contributed by atoms with Crippen LogP contribution in [0.15, 0.2) is 223 Å². The van der Waals surface area contributed by atoms with Crippen molar-refractivity contribution in [2.24, 2.45) is 0 Å². The fraction of sp³-hybridized carbons (Fsp3) is 0. The molecule has 298 valence electrons. The third kappa shape index (κ3) is 5.83. The standard InChI is InChI=1S/C59H36N4O/c1-4-14-38(15-5-1)51-36-52(62-59(61-51)42-28-32-54-48(35-42)44-20-11-13-23-53(44)63(54)43-18-8-3-9-19-43)39-26-24-37(25-27-39)41-29-33-55-49(34-41)45-30-31-47-56(58(45)64-55)46-21-10-12-22-50(46)60-57(47)40-16-6-2-7-17-40/h1-36H. The molecule has 4 heterocycles. The van der Waals surface area contributed by atoms with Gasteiger partial charge in [-0.25, -0.2) is 15.0 Å². The van der Waals surface area contributed by atoms with E-state index in [1.54, 1.807) is 0 Å². The van der Waals surface area contributed by atoms with Crippen LogP contribution < -0.4 is 0 Å². The Hall–Kier alpha value is -8.67. The molecule has 0 aliphatic rings. The number of para-hydroxylation sites is 3. The summed E-state index contributed by atoms with van der Waals surface area (Å²) in [6.45, 7) is 0. The molecule has 0 saturated heterocycles. The normalized spacial score (nSPS) is 11.8. The highest BCUT2D eigenvalue weighted by Crippen LogP contribution is 2.42. The fourth-order valence-electron chi connectivity index (χ4n) is 9.55. The molecule has 0 spiro atoms. The van der Waals surface area contributed by atoms with Crippen LogP contribution in [-0.4, -0.2) is 19.5 Å². The second-order valence-corrected chi connectivity index (χ2v) is 16.3. The van der Waals surface area contributed by atoms with E-state index in [1.165, 1.54) is 5.39 Å². The van der Waals surface area contributed by atoms with E-state index in [4.69, 9.17) is 19.4 Å². The van der Waals surface area contributed by atoms with Gasteiger partial charge in [-0.2, -0.15) is 0 Å². The summed E-state index contributed by atoms with van der Waals surface area (Å²) in [5, 5.41) is 7.76. The Morgan fingerprint density at radius 3 is 1.70 bits per heavy atom. The van der Waals surface area contributed by atoms with Crippen molar-refractivity contribution in [3.63, 3.8) is 0 Å². The van der Waals surface area contributed by atoms with Gasteiger partial charge < -0.3 is 8.98 Å². The lowest BCUT2D eigenvalue weighted by molar-refractivity contribution is 0.673. The minimum Gasteiger partial charge on any atom is -0.455 e. The lowest BCUT2D eigenvalue weighted by atomic mass is 9.97. The molecule has 0 N–H and O–H groups in total. The minimum absolute atomic E-state index is 0.683. The molecule has 0 amide bonds.